The number of carbonyl (C=O) groups excluding carboxylic acids is 1. The first kappa shape index (κ1) is 19.2. The van der Waals surface area contributed by atoms with Gasteiger partial charge in [0.25, 0.3) is 0 Å². The maximum Gasteiger partial charge on any atom is 0.353 e. The van der Waals surface area contributed by atoms with Crippen molar-refractivity contribution in [1.29, 1.82) is 0 Å². The zero-order chi connectivity index (χ0) is 19.5. The lowest BCUT2D eigenvalue weighted by Gasteiger charge is -2.47. The summed E-state index contributed by atoms with van der Waals surface area (Å²) in [7, 11) is 0. The van der Waals surface area contributed by atoms with Gasteiger partial charge < -0.3 is 20.8 Å². The molecule has 0 spiro atoms. The molecule has 0 aromatic heterocycles. The predicted octanol–water partition coefficient (Wildman–Crippen LogP) is 0.827. The molecule has 4 N–H and O–H groups in total. The molecule has 4 aliphatic rings. The monoisotopic (exact) mass is 395 g/mol. The van der Waals surface area contributed by atoms with Crippen LogP contribution in [-0.4, -0.2) is 74.5 Å². The summed E-state index contributed by atoms with van der Waals surface area (Å²) >= 11 is 1.62. The van der Waals surface area contributed by atoms with E-state index in [1.54, 1.807) is 18.7 Å². The number of rotatable bonds is 5. The van der Waals surface area contributed by atoms with Crippen LogP contribution in [0.5, 0.6) is 0 Å². The molecule has 1 saturated carbocycles. The second kappa shape index (κ2) is 7.06. The topological polar surface area (TPSA) is 107 Å². The Bertz CT molecular complexity index is 676. The van der Waals surface area contributed by atoms with E-state index in [-0.39, 0.29) is 23.6 Å². The Hall–Kier alpha value is -1.09. The van der Waals surface area contributed by atoms with E-state index in [2.05, 4.69) is 4.90 Å². The average molecular weight is 396 g/mol. The van der Waals surface area contributed by atoms with Gasteiger partial charge in [-0.05, 0) is 26.2 Å². The van der Waals surface area contributed by atoms with Crippen LogP contribution in [0.1, 0.15) is 39.5 Å². The Morgan fingerprint density at radius 1 is 1.33 bits per heavy atom. The summed E-state index contributed by atoms with van der Waals surface area (Å²) in [5, 5.41) is 20.0. The van der Waals surface area contributed by atoms with Gasteiger partial charge in [-0.1, -0.05) is 13.3 Å². The van der Waals surface area contributed by atoms with Crippen LogP contribution in [0.3, 0.4) is 0 Å². The fourth-order valence-corrected chi connectivity index (χ4v) is 6.78. The summed E-state index contributed by atoms with van der Waals surface area (Å²) in [6, 6.07) is 0.637. The maximum absolute atomic E-state index is 12.4. The molecule has 0 aromatic rings. The van der Waals surface area contributed by atoms with Crippen molar-refractivity contribution in [3.05, 3.63) is 10.6 Å². The predicted molar refractivity (Wildman–Crippen MR) is 103 cm³/mol. The highest BCUT2D eigenvalue weighted by Crippen LogP contribution is 2.52. The Morgan fingerprint density at radius 3 is 2.63 bits per heavy atom. The number of carbonyl (C=O) groups is 2. The number of thioether (sulfide) groups is 1. The number of nitrogens with two attached hydrogens (primary N) is 1. The zero-order valence-corrected chi connectivity index (χ0v) is 16.7. The number of amides is 1. The van der Waals surface area contributed by atoms with Crippen LogP contribution >= 0.6 is 11.8 Å². The number of nitrogens with zero attached hydrogens (tertiary/aromatic N) is 2. The molecule has 7 nitrogen and oxygen atoms in total. The number of likely N-dealkylation sites (tertiary alicyclic amines) is 1. The van der Waals surface area contributed by atoms with E-state index >= 15 is 0 Å². The number of aliphatic carboxylic acids is 1. The van der Waals surface area contributed by atoms with Crippen LogP contribution in [0.4, 0.5) is 0 Å². The zero-order valence-electron chi connectivity index (χ0n) is 15.9. The van der Waals surface area contributed by atoms with Crippen molar-refractivity contribution in [1.82, 2.24) is 9.80 Å². The van der Waals surface area contributed by atoms with Crippen LogP contribution in [0, 0.1) is 11.8 Å². The van der Waals surface area contributed by atoms with Gasteiger partial charge in [0.15, 0.2) is 0 Å². The van der Waals surface area contributed by atoms with Crippen molar-refractivity contribution in [3.63, 3.8) is 0 Å². The summed E-state index contributed by atoms with van der Waals surface area (Å²) in [4.78, 5) is 28.9. The van der Waals surface area contributed by atoms with Crippen molar-refractivity contribution in [3.8, 4) is 0 Å². The van der Waals surface area contributed by atoms with E-state index in [0.717, 1.165) is 30.8 Å². The lowest BCUT2D eigenvalue weighted by molar-refractivity contribution is -0.163. The summed E-state index contributed by atoms with van der Waals surface area (Å²) < 4.78 is 0. The highest BCUT2D eigenvalue weighted by atomic mass is 32.2. The molecular formula is C19H29N3O4S. The van der Waals surface area contributed by atoms with E-state index in [4.69, 9.17) is 5.73 Å². The molecule has 3 heterocycles. The second-order valence-electron chi connectivity index (χ2n) is 8.55. The van der Waals surface area contributed by atoms with E-state index in [9.17, 15) is 19.8 Å². The van der Waals surface area contributed by atoms with Crippen LogP contribution in [-0.2, 0) is 9.59 Å². The van der Waals surface area contributed by atoms with Crippen molar-refractivity contribution in [2.24, 2.45) is 17.6 Å². The lowest BCUT2D eigenvalue weighted by atomic mass is 9.79. The van der Waals surface area contributed by atoms with Gasteiger partial charge in [0, 0.05) is 41.2 Å². The Morgan fingerprint density at radius 2 is 2.04 bits per heavy atom. The highest BCUT2D eigenvalue weighted by molar-refractivity contribution is 8.03. The lowest BCUT2D eigenvalue weighted by Crippen LogP contribution is -2.63. The number of β-lactam (4-membered cyclic amide) rings is 1. The van der Waals surface area contributed by atoms with Crippen LogP contribution in [0.25, 0.3) is 0 Å². The summed E-state index contributed by atoms with van der Waals surface area (Å²) in [6.07, 6.45) is 3.80. The van der Waals surface area contributed by atoms with E-state index in [1.165, 1.54) is 17.7 Å². The van der Waals surface area contributed by atoms with Gasteiger partial charge in [0.1, 0.15) is 5.70 Å². The molecule has 6 atom stereocenters. The molecule has 8 heteroatoms. The molecule has 0 aromatic carbocycles. The normalized spacial score (nSPS) is 38.4. The molecular weight excluding hydrogens is 366 g/mol. The molecule has 4 rings (SSSR count). The number of carboxylic acids is 1. The summed E-state index contributed by atoms with van der Waals surface area (Å²) in [5.41, 5.74) is 6.24. The largest absolute Gasteiger partial charge is 0.477 e. The molecule has 1 amide bonds. The van der Waals surface area contributed by atoms with Crippen molar-refractivity contribution in [2.45, 2.75) is 69.0 Å². The molecule has 0 radical (unpaired) electrons. The number of hydrogen-bond acceptors (Lipinski definition) is 6. The van der Waals surface area contributed by atoms with Gasteiger partial charge in [0.05, 0.1) is 18.1 Å². The van der Waals surface area contributed by atoms with E-state index in [0.29, 0.717) is 17.3 Å². The van der Waals surface area contributed by atoms with E-state index < -0.39 is 18.0 Å². The summed E-state index contributed by atoms with van der Waals surface area (Å²) in [6.45, 7) is 5.48. The fourth-order valence-electron chi connectivity index (χ4n) is 5.23. The fraction of sp³-hybridized carbons (Fsp3) is 0.789. The third-order valence-corrected chi connectivity index (χ3v) is 8.14. The van der Waals surface area contributed by atoms with Gasteiger partial charge in [-0.2, -0.15) is 0 Å². The molecule has 1 aliphatic carbocycles. The molecule has 150 valence electrons. The van der Waals surface area contributed by atoms with Gasteiger partial charge in [-0.3, -0.25) is 9.69 Å². The molecule has 3 aliphatic heterocycles. The molecule has 27 heavy (non-hydrogen) atoms. The first-order valence-corrected chi connectivity index (χ1v) is 10.8. The first-order valence-electron chi connectivity index (χ1n) is 9.94. The first-order chi connectivity index (χ1) is 12.8. The molecule has 0 bridgehead atoms. The number of fused-ring (bicyclic) bond motifs is 1. The average Bonchev–Trinajstić information content (AvgIpc) is 2.79. The molecule has 2 saturated heterocycles. The van der Waals surface area contributed by atoms with Gasteiger partial charge >= 0.3 is 5.97 Å². The van der Waals surface area contributed by atoms with Crippen LogP contribution in [0.15, 0.2) is 10.6 Å². The van der Waals surface area contributed by atoms with Crippen LogP contribution in [0.2, 0.25) is 0 Å². The molecule has 0 unspecified atom stereocenters. The number of hydrogen-bond donors (Lipinski definition) is 3. The Balaban J connectivity index is 1.43. The van der Waals surface area contributed by atoms with Gasteiger partial charge in [-0.25, -0.2) is 4.79 Å². The summed E-state index contributed by atoms with van der Waals surface area (Å²) in [5.74, 6) is -1.84. The standard InChI is InChI=1S/C19H29N3O4S/c1-9-15-14(10(2)23)18(24)22(15)16(19(25)26)17(9)27-13-7-21(8-13)12-5-3-4-11(20)6-12/h9-15,23H,3-8,20H2,1-2H3,(H,25,26)/t9-,10-,11+,12+,14-,15-/m1/s1. The Kier molecular flexibility index (Phi) is 5.03. The Labute approximate surface area is 163 Å². The quantitative estimate of drug-likeness (QED) is 0.592. The van der Waals surface area contributed by atoms with Gasteiger partial charge in [0.2, 0.25) is 5.91 Å². The third kappa shape index (κ3) is 3.10. The van der Waals surface area contributed by atoms with E-state index in [1.807, 2.05) is 6.92 Å². The van der Waals surface area contributed by atoms with Gasteiger partial charge in [-0.15, -0.1) is 11.8 Å². The minimum Gasteiger partial charge on any atom is -0.477 e. The maximum atomic E-state index is 12.4. The third-order valence-electron chi connectivity index (χ3n) is 6.68. The highest BCUT2D eigenvalue weighted by Gasteiger charge is 2.60. The number of aliphatic hydroxyl groups excluding tert-OH is 1. The van der Waals surface area contributed by atoms with Crippen LogP contribution < -0.4 is 5.73 Å². The minimum atomic E-state index is -1.04. The van der Waals surface area contributed by atoms with Crippen molar-refractivity contribution in [2.75, 3.05) is 13.1 Å². The smallest absolute Gasteiger partial charge is 0.353 e. The van der Waals surface area contributed by atoms with Crippen molar-refractivity contribution < 1.29 is 19.8 Å². The molecule has 3 fully saturated rings. The van der Waals surface area contributed by atoms with Crippen molar-refractivity contribution >= 4 is 23.6 Å². The minimum absolute atomic E-state index is 0.0458. The number of carboxylic acid groups (broad SMARTS) is 1. The SMILES string of the molecule is C[C@@H](O)[C@H]1C(=O)N2C(C(=O)O)=C(SC3CN([C@H]4CCC[C@H](N)C4)C3)[C@H](C)[C@H]12. The second-order valence-corrected chi connectivity index (χ2v) is 9.89. The number of aliphatic hydroxyl groups is 1.